The highest BCUT2D eigenvalue weighted by molar-refractivity contribution is 6.30. The first-order valence-electron chi connectivity index (χ1n) is 13.4. The maximum atomic E-state index is 14.8. The van der Waals surface area contributed by atoms with Gasteiger partial charge in [-0.15, -0.1) is 0 Å². The smallest absolute Gasteiger partial charge is 0.335 e. The fourth-order valence-electron chi connectivity index (χ4n) is 4.87. The Morgan fingerprint density at radius 2 is 2.05 bits per heavy atom. The van der Waals surface area contributed by atoms with Crippen LogP contribution in [0.5, 0.6) is 11.6 Å². The third-order valence-corrected chi connectivity index (χ3v) is 7.45. The molecule has 0 amide bonds. The number of aromatic nitrogens is 3. The van der Waals surface area contributed by atoms with E-state index in [1.165, 1.54) is 6.07 Å². The summed E-state index contributed by atoms with van der Waals surface area (Å²) in [5.74, 6) is 0.486. The Kier molecular flexibility index (Phi) is 7.81. The number of benzene rings is 2. The molecule has 2 aromatic heterocycles. The van der Waals surface area contributed by atoms with Gasteiger partial charge in [0, 0.05) is 29.8 Å². The van der Waals surface area contributed by atoms with Crippen molar-refractivity contribution < 1.29 is 28.5 Å². The minimum atomic E-state index is -1.20. The van der Waals surface area contributed by atoms with Gasteiger partial charge in [-0.1, -0.05) is 23.7 Å². The lowest BCUT2D eigenvalue weighted by Crippen LogP contribution is -2.38. The van der Waals surface area contributed by atoms with Crippen molar-refractivity contribution in [2.45, 2.75) is 32.2 Å². The van der Waals surface area contributed by atoms with E-state index in [0.717, 1.165) is 18.1 Å². The molecule has 0 bridgehead atoms. The number of imidazole rings is 1. The highest BCUT2D eigenvalue weighted by Crippen LogP contribution is 2.27. The lowest BCUT2D eigenvalue weighted by molar-refractivity contribution is -0.0592. The van der Waals surface area contributed by atoms with Gasteiger partial charge in [0.05, 0.1) is 43.9 Å². The maximum absolute atomic E-state index is 14.8. The third kappa shape index (κ3) is 5.81. The predicted molar refractivity (Wildman–Crippen MR) is 154 cm³/mol. The highest BCUT2D eigenvalue weighted by Gasteiger charge is 2.25. The van der Waals surface area contributed by atoms with E-state index in [1.807, 2.05) is 32.7 Å². The quantitative estimate of drug-likeness (QED) is 0.282. The number of methoxy groups -OCH3 is 1. The number of fused-ring (bicyclic) bond motifs is 1. The van der Waals surface area contributed by atoms with Crippen molar-refractivity contribution >= 4 is 40.8 Å². The first-order valence-corrected chi connectivity index (χ1v) is 13.8. The molecule has 1 atom stereocenters. The number of ether oxygens (including phenoxy) is 3. The number of anilines is 1. The Bertz CT molecular complexity index is 1660. The number of carboxylic acids is 1. The molecule has 13 heteroatoms. The van der Waals surface area contributed by atoms with Crippen LogP contribution in [0.2, 0.25) is 5.02 Å². The third-order valence-electron chi connectivity index (χ3n) is 7.22. The van der Waals surface area contributed by atoms with Crippen LogP contribution in [0.4, 0.5) is 10.2 Å². The summed E-state index contributed by atoms with van der Waals surface area (Å²) in [5, 5.41) is 16.4. The van der Waals surface area contributed by atoms with Gasteiger partial charge in [0.1, 0.15) is 35.9 Å². The Labute approximate surface area is 245 Å². The van der Waals surface area contributed by atoms with Crippen molar-refractivity contribution in [2.24, 2.45) is 5.10 Å². The van der Waals surface area contributed by atoms with Gasteiger partial charge in [0.25, 0.3) is 0 Å². The minimum Gasteiger partial charge on any atom is -0.496 e. The summed E-state index contributed by atoms with van der Waals surface area (Å²) in [6, 6.07) is 13.3. The Balaban J connectivity index is 1.16. The molecule has 0 spiro atoms. The van der Waals surface area contributed by atoms with E-state index in [1.54, 1.807) is 31.6 Å². The van der Waals surface area contributed by atoms with Crippen molar-refractivity contribution in [1.82, 2.24) is 19.5 Å². The molecule has 2 aromatic carbocycles. The predicted octanol–water partition coefficient (Wildman–Crippen LogP) is 4.56. The molecule has 1 saturated heterocycles. The Morgan fingerprint density at radius 1 is 1.19 bits per heavy atom. The van der Waals surface area contributed by atoms with E-state index in [0.29, 0.717) is 66.6 Å². The van der Waals surface area contributed by atoms with Gasteiger partial charge in [-0.05, 0) is 36.8 Å². The summed E-state index contributed by atoms with van der Waals surface area (Å²) < 4.78 is 33.6. The molecule has 0 saturated carbocycles. The molecular formula is C29H28ClFN6O5. The topological polar surface area (TPSA) is 115 Å². The summed E-state index contributed by atoms with van der Waals surface area (Å²) in [6.07, 6.45) is 2.53. The number of halogens is 2. The van der Waals surface area contributed by atoms with Crippen LogP contribution >= 0.6 is 11.6 Å². The number of aromatic carboxylic acids is 1. The fraction of sp³-hybridized carbons (Fsp3) is 0.310. The maximum Gasteiger partial charge on any atom is 0.335 e. The minimum absolute atomic E-state index is 0.0283. The van der Waals surface area contributed by atoms with Crippen molar-refractivity contribution in [3.63, 3.8) is 0 Å². The largest absolute Gasteiger partial charge is 0.496 e. The zero-order valence-corrected chi connectivity index (χ0v) is 23.5. The number of hydrogen-bond acceptors (Lipinski definition) is 9. The summed E-state index contributed by atoms with van der Waals surface area (Å²) in [4.78, 5) is 22.6. The van der Waals surface area contributed by atoms with Crippen molar-refractivity contribution in [2.75, 3.05) is 31.7 Å². The molecule has 6 rings (SSSR count). The summed E-state index contributed by atoms with van der Waals surface area (Å²) in [5.41, 5.74) is 1.28. The van der Waals surface area contributed by atoms with Gasteiger partial charge in [0.15, 0.2) is 5.82 Å². The first kappa shape index (κ1) is 27.7. The standard InChI is InChI=1S/C29H28ClFN6O5/c1-40-24-13-20(30)6-5-18(24)16-42-27-4-2-3-25(33-27)35-8-9-36(32-17-35)15-26-34-28-22(31)11-19(29(38)39)12-23(28)37(26)14-21-7-10-41-21/h2-6,11-13,17,21H,7-10,14-16H2,1H3,(H,38,39)/t21-/m0/s1. The number of carbonyl (C=O) groups is 1. The molecule has 4 aromatic rings. The normalized spacial score (nSPS) is 16.5. The fourth-order valence-corrected chi connectivity index (χ4v) is 5.04. The highest BCUT2D eigenvalue weighted by atomic mass is 35.5. The number of hydrogen-bond donors (Lipinski definition) is 1. The van der Waals surface area contributed by atoms with Gasteiger partial charge < -0.3 is 28.8 Å². The molecule has 0 unspecified atom stereocenters. The van der Waals surface area contributed by atoms with Crippen LogP contribution in [0.3, 0.4) is 0 Å². The van der Waals surface area contributed by atoms with Crippen LogP contribution in [0.15, 0.2) is 53.6 Å². The van der Waals surface area contributed by atoms with Gasteiger partial charge in [0.2, 0.25) is 5.88 Å². The SMILES string of the molecule is COc1cc(Cl)ccc1COc1cccc(N2C=NN(Cc3nc4c(F)cc(C(=O)O)cc4n3C[C@@H]3CCO3)CC2)n1. The number of carboxylic acid groups (broad SMARTS) is 1. The van der Waals surface area contributed by atoms with E-state index < -0.39 is 11.8 Å². The molecule has 1 fully saturated rings. The van der Waals surface area contributed by atoms with Gasteiger partial charge in [-0.3, -0.25) is 5.01 Å². The lowest BCUT2D eigenvalue weighted by atomic mass is 10.1. The van der Waals surface area contributed by atoms with Gasteiger partial charge >= 0.3 is 5.97 Å². The van der Waals surface area contributed by atoms with E-state index in [2.05, 4.69) is 15.1 Å². The van der Waals surface area contributed by atoms with E-state index in [9.17, 15) is 14.3 Å². The lowest BCUT2D eigenvalue weighted by Gasteiger charge is -2.30. The molecule has 218 valence electrons. The molecule has 0 aliphatic carbocycles. The van der Waals surface area contributed by atoms with Crippen LogP contribution in [0, 0.1) is 5.82 Å². The average molecular weight is 595 g/mol. The molecule has 0 radical (unpaired) electrons. The van der Waals surface area contributed by atoms with Crippen molar-refractivity contribution in [3.05, 3.63) is 76.3 Å². The zero-order valence-electron chi connectivity index (χ0n) is 22.7. The van der Waals surface area contributed by atoms with E-state index in [-0.39, 0.29) is 23.8 Å². The molecule has 11 nitrogen and oxygen atoms in total. The van der Waals surface area contributed by atoms with Gasteiger partial charge in [-0.25, -0.2) is 14.2 Å². The second kappa shape index (κ2) is 11.8. The van der Waals surface area contributed by atoms with E-state index >= 15 is 0 Å². The summed E-state index contributed by atoms with van der Waals surface area (Å²) in [7, 11) is 1.58. The molecule has 2 aliphatic rings. The van der Waals surface area contributed by atoms with Crippen LogP contribution in [0.1, 0.15) is 28.2 Å². The molecule has 2 aliphatic heterocycles. The molecular weight excluding hydrogens is 567 g/mol. The van der Waals surface area contributed by atoms with Gasteiger partial charge in [-0.2, -0.15) is 10.1 Å². The molecule has 1 N–H and O–H groups in total. The molecule has 4 heterocycles. The average Bonchev–Trinajstić information content (AvgIpc) is 3.31. The number of hydrazone groups is 1. The van der Waals surface area contributed by atoms with Crippen LogP contribution in [0.25, 0.3) is 11.0 Å². The number of nitrogens with zero attached hydrogens (tertiary/aromatic N) is 6. The number of pyridine rings is 1. The van der Waals surface area contributed by atoms with Crippen LogP contribution in [-0.2, 0) is 24.4 Å². The van der Waals surface area contributed by atoms with E-state index in [4.69, 9.17) is 25.8 Å². The summed E-state index contributed by atoms with van der Waals surface area (Å²) >= 11 is 6.05. The van der Waals surface area contributed by atoms with Crippen LogP contribution in [-0.4, -0.2) is 69.9 Å². The second-order valence-corrected chi connectivity index (χ2v) is 10.4. The Hall–Kier alpha value is -4.42. The molecule has 42 heavy (non-hydrogen) atoms. The first-order chi connectivity index (χ1) is 20.4. The summed E-state index contributed by atoms with van der Waals surface area (Å²) in [6.45, 7) is 2.85. The monoisotopic (exact) mass is 594 g/mol. The van der Waals surface area contributed by atoms with Crippen LogP contribution < -0.4 is 14.4 Å². The second-order valence-electron chi connectivity index (χ2n) is 9.94. The zero-order chi connectivity index (χ0) is 29.2. The number of rotatable bonds is 10. The van der Waals surface area contributed by atoms with Crippen molar-refractivity contribution in [3.8, 4) is 11.6 Å². The Morgan fingerprint density at radius 3 is 2.76 bits per heavy atom. The van der Waals surface area contributed by atoms with Crippen molar-refractivity contribution in [1.29, 1.82) is 0 Å².